The van der Waals surface area contributed by atoms with Gasteiger partial charge in [0, 0.05) is 43.3 Å². The first-order valence-electron chi connectivity index (χ1n) is 8.88. The number of carbonyl (C=O) groups is 1. The molecule has 6 heteroatoms. The van der Waals surface area contributed by atoms with E-state index >= 15 is 0 Å². The number of hydrogen-bond donors (Lipinski definition) is 2. The largest absolute Gasteiger partial charge is 0.478 e. The first kappa shape index (κ1) is 17.5. The highest BCUT2D eigenvalue weighted by Crippen LogP contribution is 2.21. The highest BCUT2D eigenvalue weighted by Gasteiger charge is 2.20. The number of carboxylic acids is 1. The molecule has 0 saturated carbocycles. The van der Waals surface area contributed by atoms with Crippen LogP contribution < -0.4 is 10.2 Å². The fraction of sp³-hybridized carbons (Fsp3) is 0.474. The van der Waals surface area contributed by atoms with E-state index in [4.69, 9.17) is 5.11 Å². The third-order valence-electron chi connectivity index (χ3n) is 4.83. The van der Waals surface area contributed by atoms with Crippen molar-refractivity contribution in [2.24, 2.45) is 0 Å². The fourth-order valence-electron chi connectivity index (χ4n) is 3.34. The zero-order valence-corrected chi connectivity index (χ0v) is 14.9. The van der Waals surface area contributed by atoms with E-state index in [0.717, 1.165) is 44.0 Å². The third-order valence-corrected chi connectivity index (χ3v) is 4.83. The van der Waals surface area contributed by atoms with Crippen molar-refractivity contribution in [1.29, 1.82) is 0 Å². The molecule has 1 saturated heterocycles. The molecule has 6 nitrogen and oxygen atoms in total. The maximum absolute atomic E-state index is 10.9. The van der Waals surface area contributed by atoms with E-state index in [1.165, 1.54) is 0 Å². The molecule has 0 unspecified atom stereocenters. The van der Waals surface area contributed by atoms with Gasteiger partial charge in [0.25, 0.3) is 0 Å². The Hall–Kier alpha value is -2.34. The van der Waals surface area contributed by atoms with Gasteiger partial charge in [0.2, 0.25) is 0 Å². The summed E-state index contributed by atoms with van der Waals surface area (Å²) in [4.78, 5) is 17.7. The topological polar surface area (TPSA) is 70.4 Å². The molecule has 0 bridgehead atoms. The molecule has 2 aromatic rings. The molecule has 1 fully saturated rings. The number of imidazole rings is 1. The number of piperidine rings is 1. The smallest absolute Gasteiger partial charge is 0.335 e. The number of nitrogens with zero attached hydrogens (tertiary/aromatic N) is 3. The van der Waals surface area contributed by atoms with E-state index in [1.54, 1.807) is 12.1 Å². The molecule has 1 aromatic heterocycles. The van der Waals surface area contributed by atoms with Crippen molar-refractivity contribution in [3.8, 4) is 0 Å². The van der Waals surface area contributed by atoms with Crippen LogP contribution in [0.3, 0.4) is 0 Å². The normalized spacial score (nSPS) is 15.7. The Morgan fingerprint density at radius 1 is 1.28 bits per heavy atom. The predicted molar refractivity (Wildman–Crippen MR) is 98.1 cm³/mol. The van der Waals surface area contributed by atoms with Gasteiger partial charge >= 0.3 is 5.97 Å². The second kappa shape index (κ2) is 7.70. The molecule has 25 heavy (non-hydrogen) atoms. The number of hydrogen-bond acceptors (Lipinski definition) is 4. The van der Waals surface area contributed by atoms with E-state index in [1.807, 2.05) is 24.5 Å². The van der Waals surface area contributed by atoms with Crippen LogP contribution in [0.2, 0.25) is 0 Å². The zero-order chi connectivity index (χ0) is 17.8. The summed E-state index contributed by atoms with van der Waals surface area (Å²) in [7, 11) is 0. The summed E-state index contributed by atoms with van der Waals surface area (Å²) in [6.07, 6.45) is 6.04. The molecule has 0 amide bonds. The van der Waals surface area contributed by atoms with Crippen LogP contribution in [0.5, 0.6) is 0 Å². The van der Waals surface area contributed by atoms with Gasteiger partial charge in [0.1, 0.15) is 5.82 Å². The fourth-order valence-corrected chi connectivity index (χ4v) is 3.34. The van der Waals surface area contributed by atoms with E-state index in [9.17, 15) is 4.79 Å². The Morgan fingerprint density at radius 3 is 2.56 bits per heavy atom. The molecule has 0 aliphatic carbocycles. The number of rotatable bonds is 6. The van der Waals surface area contributed by atoms with E-state index in [2.05, 4.69) is 33.6 Å². The van der Waals surface area contributed by atoms with Crippen LogP contribution in [0, 0.1) is 0 Å². The molecule has 1 aliphatic rings. The van der Waals surface area contributed by atoms with Crippen LogP contribution in [0.1, 0.15) is 48.9 Å². The Bertz CT molecular complexity index is 700. The van der Waals surface area contributed by atoms with Gasteiger partial charge in [-0.1, -0.05) is 0 Å². The number of carboxylic acid groups (broad SMARTS) is 1. The Morgan fingerprint density at radius 2 is 1.96 bits per heavy atom. The SMILES string of the molecule is CC(C)n1ccnc1CNC1CCN(c2ccc(C(=O)O)cc2)CC1. The first-order chi connectivity index (χ1) is 12.0. The van der Waals surface area contributed by atoms with Gasteiger partial charge in [-0.2, -0.15) is 0 Å². The number of anilines is 1. The Balaban J connectivity index is 1.50. The van der Waals surface area contributed by atoms with Crippen LogP contribution >= 0.6 is 0 Å². The summed E-state index contributed by atoms with van der Waals surface area (Å²) in [5.41, 5.74) is 1.43. The second-order valence-electron chi connectivity index (χ2n) is 6.84. The summed E-state index contributed by atoms with van der Waals surface area (Å²) in [5, 5.41) is 12.6. The predicted octanol–water partition coefficient (Wildman–Crippen LogP) is 2.92. The lowest BCUT2D eigenvalue weighted by Crippen LogP contribution is -2.42. The first-order valence-corrected chi connectivity index (χ1v) is 8.88. The minimum Gasteiger partial charge on any atom is -0.478 e. The third kappa shape index (κ3) is 4.20. The number of aromatic carboxylic acids is 1. The summed E-state index contributed by atoms with van der Waals surface area (Å²) >= 11 is 0. The van der Waals surface area contributed by atoms with Crippen LogP contribution in [0.15, 0.2) is 36.7 Å². The molecular weight excluding hydrogens is 316 g/mol. The van der Waals surface area contributed by atoms with Crippen LogP contribution in [0.4, 0.5) is 5.69 Å². The highest BCUT2D eigenvalue weighted by atomic mass is 16.4. The van der Waals surface area contributed by atoms with Gasteiger partial charge in [0.15, 0.2) is 0 Å². The molecular formula is C19H26N4O2. The second-order valence-corrected chi connectivity index (χ2v) is 6.84. The van der Waals surface area contributed by atoms with Gasteiger partial charge in [-0.05, 0) is 51.0 Å². The van der Waals surface area contributed by atoms with Crippen LogP contribution in [0.25, 0.3) is 0 Å². The minimum absolute atomic E-state index is 0.334. The van der Waals surface area contributed by atoms with Crippen molar-refractivity contribution in [2.75, 3.05) is 18.0 Å². The van der Waals surface area contributed by atoms with Crippen molar-refractivity contribution in [3.63, 3.8) is 0 Å². The standard InChI is InChI=1S/C19H26N4O2/c1-14(2)23-12-9-20-18(23)13-21-16-7-10-22(11-8-16)17-5-3-15(4-6-17)19(24)25/h3-6,9,12,14,16,21H,7-8,10-11,13H2,1-2H3,(H,24,25). The Labute approximate surface area is 148 Å². The molecule has 2 N–H and O–H groups in total. The van der Waals surface area contributed by atoms with E-state index in [0.29, 0.717) is 17.6 Å². The average Bonchev–Trinajstić information content (AvgIpc) is 3.09. The van der Waals surface area contributed by atoms with Gasteiger partial charge < -0.3 is 19.9 Å². The van der Waals surface area contributed by atoms with Crippen LogP contribution in [-0.2, 0) is 6.54 Å². The monoisotopic (exact) mass is 342 g/mol. The molecule has 2 heterocycles. The van der Waals surface area contributed by atoms with Gasteiger partial charge in [-0.15, -0.1) is 0 Å². The van der Waals surface area contributed by atoms with Crippen molar-refractivity contribution in [2.45, 2.75) is 45.3 Å². The molecule has 0 spiro atoms. The summed E-state index contributed by atoms with van der Waals surface area (Å²) in [5.74, 6) is 0.205. The lowest BCUT2D eigenvalue weighted by Gasteiger charge is -2.34. The van der Waals surface area contributed by atoms with E-state index < -0.39 is 5.97 Å². The van der Waals surface area contributed by atoms with Gasteiger partial charge in [-0.3, -0.25) is 0 Å². The lowest BCUT2D eigenvalue weighted by molar-refractivity contribution is 0.0697. The zero-order valence-electron chi connectivity index (χ0n) is 14.9. The summed E-state index contributed by atoms with van der Waals surface area (Å²) in [6.45, 7) is 7.08. The highest BCUT2D eigenvalue weighted by molar-refractivity contribution is 5.88. The molecule has 3 rings (SSSR count). The Kier molecular flexibility index (Phi) is 5.38. The number of benzene rings is 1. The number of aromatic nitrogens is 2. The lowest BCUT2D eigenvalue weighted by atomic mass is 10.0. The molecule has 0 atom stereocenters. The van der Waals surface area contributed by atoms with Crippen molar-refractivity contribution in [1.82, 2.24) is 14.9 Å². The molecule has 134 valence electrons. The minimum atomic E-state index is -0.880. The van der Waals surface area contributed by atoms with E-state index in [-0.39, 0.29) is 0 Å². The summed E-state index contributed by atoms with van der Waals surface area (Å²) in [6, 6.07) is 8.07. The quantitative estimate of drug-likeness (QED) is 0.845. The van der Waals surface area contributed by atoms with Crippen LogP contribution in [-0.4, -0.2) is 39.8 Å². The maximum Gasteiger partial charge on any atom is 0.335 e. The summed E-state index contributed by atoms with van der Waals surface area (Å²) < 4.78 is 2.20. The van der Waals surface area contributed by atoms with Crippen molar-refractivity contribution < 1.29 is 9.90 Å². The van der Waals surface area contributed by atoms with Crippen molar-refractivity contribution >= 4 is 11.7 Å². The van der Waals surface area contributed by atoms with Crippen molar-refractivity contribution in [3.05, 3.63) is 48.0 Å². The molecule has 1 aliphatic heterocycles. The van der Waals surface area contributed by atoms with Gasteiger partial charge in [0.05, 0.1) is 12.1 Å². The number of nitrogens with one attached hydrogen (secondary N) is 1. The average molecular weight is 342 g/mol. The molecule has 1 aromatic carbocycles. The maximum atomic E-state index is 10.9. The van der Waals surface area contributed by atoms with Gasteiger partial charge in [-0.25, -0.2) is 9.78 Å². The molecule has 0 radical (unpaired) electrons.